The van der Waals surface area contributed by atoms with Crippen LogP contribution in [0.5, 0.6) is 0 Å². The van der Waals surface area contributed by atoms with Crippen LogP contribution >= 0.6 is 15.9 Å². The van der Waals surface area contributed by atoms with E-state index in [1.54, 1.807) is 4.90 Å². The van der Waals surface area contributed by atoms with Crippen molar-refractivity contribution in [2.45, 2.75) is 33.6 Å². The van der Waals surface area contributed by atoms with Gasteiger partial charge in [-0.3, -0.25) is 9.59 Å². The van der Waals surface area contributed by atoms with Gasteiger partial charge in [0.05, 0.1) is 11.8 Å². The first-order valence-corrected chi connectivity index (χ1v) is 8.32. The summed E-state index contributed by atoms with van der Waals surface area (Å²) >= 11 is 3.41. The van der Waals surface area contributed by atoms with Crippen LogP contribution in [0.3, 0.4) is 0 Å². The Labute approximate surface area is 139 Å². The lowest BCUT2D eigenvalue weighted by Gasteiger charge is -2.28. The molecule has 2 rings (SSSR count). The van der Waals surface area contributed by atoms with E-state index in [-0.39, 0.29) is 11.8 Å². The number of amides is 1. The minimum atomic E-state index is -0.801. The van der Waals surface area contributed by atoms with Crippen LogP contribution in [0.4, 0.5) is 0 Å². The third kappa shape index (κ3) is 3.19. The number of carboxylic acids is 1. The minimum Gasteiger partial charge on any atom is -0.481 e. The van der Waals surface area contributed by atoms with Gasteiger partial charge in [0.25, 0.3) is 0 Å². The molecule has 22 heavy (non-hydrogen) atoms. The van der Waals surface area contributed by atoms with Crippen LogP contribution in [0.1, 0.15) is 31.4 Å². The third-order valence-corrected chi connectivity index (χ3v) is 5.32. The molecule has 0 aliphatic carbocycles. The number of halogens is 1. The molecule has 1 unspecified atom stereocenters. The topological polar surface area (TPSA) is 57.6 Å². The third-order valence-electron chi connectivity index (χ3n) is 4.83. The molecular weight excluding hydrogens is 346 g/mol. The summed E-state index contributed by atoms with van der Waals surface area (Å²) < 4.78 is 0.993. The Morgan fingerprint density at radius 2 is 2.09 bits per heavy atom. The number of carbonyl (C=O) groups excluding carboxylic acids is 1. The van der Waals surface area contributed by atoms with E-state index < -0.39 is 11.4 Å². The summed E-state index contributed by atoms with van der Waals surface area (Å²) in [6, 6.07) is 5.86. The van der Waals surface area contributed by atoms with Gasteiger partial charge in [0.1, 0.15) is 0 Å². The van der Waals surface area contributed by atoms with Gasteiger partial charge in [0.15, 0.2) is 0 Å². The van der Waals surface area contributed by atoms with Gasteiger partial charge in [0, 0.05) is 17.6 Å². The van der Waals surface area contributed by atoms with E-state index in [1.807, 2.05) is 39.0 Å². The second kappa shape index (κ2) is 6.41. The molecule has 0 spiro atoms. The molecule has 1 saturated heterocycles. The van der Waals surface area contributed by atoms with E-state index in [4.69, 9.17) is 0 Å². The Morgan fingerprint density at radius 3 is 2.59 bits per heavy atom. The zero-order chi connectivity index (χ0) is 16.5. The van der Waals surface area contributed by atoms with Gasteiger partial charge in [0.2, 0.25) is 5.91 Å². The highest BCUT2D eigenvalue weighted by Gasteiger charge is 2.48. The summed E-state index contributed by atoms with van der Waals surface area (Å²) in [6.07, 6.45) is 0.859. The van der Waals surface area contributed by atoms with Crippen LogP contribution in [0.2, 0.25) is 0 Å². The fraction of sp³-hybridized carbons (Fsp3) is 0.529. The number of nitrogens with zero attached hydrogens (tertiary/aromatic N) is 1. The molecule has 1 fully saturated rings. The lowest BCUT2D eigenvalue weighted by atomic mass is 9.76. The lowest BCUT2D eigenvalue weighted by molar-refractivity contribution is -0.151. The molecule has 1 N–H and O–H groups in total. The summed E-state index contributed by atoms with van der Waals surface area (Å²) in [5.41, 5.74) is 1.26. The van der Waals surface area contributed by atoms with E-state index in [9.17, 15) is 14.7 Å². The van der Waals surface area contributed by atoms with E-state index in [0.29, 0.717) is 25.9 Å². The van der Waals surface area contributed by atoms with Crippen molar-refractivity contribution < 1.29 is 14.7 Å². The van der Waals surface area contributed by atoms with E-state index in [1.165, 1.54) is 0 Å². The molecule has 0 radical (unpaired) electrons. The molecule has 1 aromatic rings. The van der Waals surface area contributed by atoms with E-state index in [2.05, 4.69) is 15.9 Å². The summed E-state index contributed by atoms with van der Waals surface area (Å²) in [5.74, 6) is -0.774. The van der Waals surface area contributed by atoms with Crippen LogP contribution in [-0.2, 0) is 16.0 Å². The SMILES string of the molecule is Cc1cc(Br)ccc1CC(=O)N1CCC(C(=O)O)(C(C)C)C1. The fourth-order valence-electron chi connectivity index (χ4n) is 3.07. The molecule has 0 aromatic heterocycles. The maximum absolute atomic E-state index is 12.5. The highest BCUT2D eigenvalue weighted by atomic mass is 79.9. The molecular formula is C17H22BrNO3. The van der Waals surface area contributed by atoms with Crippen molar-refractivity contribution in [1.82, 2.24) is 4.90 Å². The van der Waals surface area contributed by atoms with Crippen molar-refractivity contribution in [2.24, 2.45) is 11.3 Å². The second-order valence-electron chi connectivity index (χ2n) is 6.43. The Morgan fingerprint density at radius 1 is 1.41 bits per heavy atom. The monoisotopic (exact) mass is 367 g/mol. The Hall–Kier alpha value is -1.36. The molecule has 0 bridgehead atoms. The molecule has 120 valence electrons. The summed E-state index contributed by atoms with van der Waals surface area (Å²) in [5, 5.41) is 9.55. The van der Waals surface area contributed by atoms with Gasteiger partial charge < -0.3 is 10.0 Å². The van der Waals surface area contributed by atoms with Crippen molar-refractivity contribution >= 4 is 27.8 Å². The molecule has 4 nitrogen and oxygen atoms in total. The standard InChI is InChI=1S/C17H22BrNO3/c1-11(2)17(16(21)22)6-7-19(10-17)15(20)9-13-4-5-14(18)8-12(13)3/h4-5,8,11H,6-7,9-10H2,1-3H3,(H,21,22). The number of aliphatic carboxylic acids is 1. The van der Waals surface area contributed by atoms with Crippen molar-refractivity contribution in [2.75, 3.05) is 13.1 Å². The van der Waals surface area contributed by atoms with Gasteiger partial charge in [-0.25, -0.2) is 0 Å². The van der Waals surface area contributed by atoms with Crippen LogP contribution in [0.25, 0.3) is 0 Å². The molecule has 5 heteroatoms. The Balaban J connectivity index is 2.10. The van der Waals surface area contributed by atoms with Gasteiger partial charge in [-0.05, 0) is 42.5 Å². The van der Waals surface area contributed by atoms with Crippen LogP contribution in [0.15, 0.2) is 22.7 Å². The minimum absolute atomic E-state index is 0.00852. The first-order valence-electron chi connectivity index (χ1n) is 7.52. The summed E-state index contributed by atoms with van der Waals surface area (Å²) in [6.45, 7) is 6.66. The molecule has 1 amide bonds. The average molecular weight is 368 g/mol. The van der Waals surface area contributed by atoms with Crippen LogP contribution < -0.4 is 0 Å². The number of likely N-dealkylation sites (tertiary alicyclic amines) is 1. The maximum atomic E-state index is 12.5. The zero-order valence-electron chi connectivity index (χ0n) is 13.2. The number of carbonyl (C=O) groups is 2. The molecule has 1 atom stereocenters. The Kier molecular flexibility index (Phi) is 4.95. The number of benzene rings is 1. The molecule has 1 heterocycles. The number of rotatable bonds is 4. The zero-order valence-corrected chi connectivity index (χ0v) is 14.8. The van der Waals surface area contributed by atoms with Gasteiger partial charge in [-0.2, -0.15) is 0 Å². The lowest BCUT2D eigenvalue weighted by Crippen LogP contribution is -2.41. The van der Waals surface area contributed by atoms with Gasteiger partial charge >= 0.3 is 5.97 Å². The smallest absolute Gasteiger partial charge is 0.311 e. The first kappa shape index (κ1) is 17.0. The number of aryl methyl sites for hydroxylation is 1. The fourth-order valence-corrected chi connectivity index (χ4v) is 3.55. The highest BCUT2D eigenvalue weighted by molar-refractivity contribution is 9.10. The van der Waals surface area contributed by atoms with Crippen molar-refractivity contribution in [3.05, 3.63) is 33.8 Å². The number of hydrogen-bond acceptors (Lipinski definition) is 2. The molecule has 1 aliphatic rings. The quantitative estimate of drug-likeness (QED) is 0.888. The van der Waals surface area contributed by atoms with Crippen molar-refractivity contribution in [3.8, 4) is 0 Å². The summed E-state index contributed by atoms with van der Waals surface area (Å²) in [4.78, 5) is 25.8. The first-order chi connectivity index (χ1) is 10.3. The molecule has 0 saturated carbocycles. The predicted octanol–water partition coefficient (Wildman–Crippen LogP) is 3.26. The van der Waals surface area contributed by atoms with Crippen LogP contribution in [0, 0.1) is 18.3 Å². The highest BCUT2D eigenvalue weighted by Crippen LogP contribution is 2.38. The van der Waals surface area contributed by atoms with Crippen LogP contribution in [-0.4, -0.2) is 35.0 Å². The van der Waals surface area contributed by atoms with Crippen molar-refractivity contribution in [3.63, 3.8) is 0 Å². The average Bonchev–Trinajstić information content (AvgIpc) is 2.88. The summed E-state index contributed by atoms with van der Waals surface area (Å²) in [7, 11) is 0. The van der Waals surface area contributed by atoms with E-state index in [0.717, 1.165) is 15.6 Å². The maximum Gasteiger partial charge on any atom is 0.311 e. The number of hydrogen-bond donors (Lipinski definition) is 1. The normalized spacial score (nSPS) is 21.4. The van der Waals surface area contributed by atoms with Gasteiger partial charge in [-0.15, -0.1) is 0 Å². The molecule has 1 aromatic carbocycles. The predicted molar refractivity (Wildman–Crippen MR) is 88.7 cm³/mol. The molecule has 1 aliphatic heterocycles. The largest absolute Gasteiger partial charge is 0.481 e. The van der Waals surface area contributed by atoms with E-state index >= 15 is 0 Å². The number of carboxylic acid groups (broad SMARTS) is 1. The van der Waals surface area contributed by atoms with Crippen molar-refractivity contribution in [1.29, 1.82) is 0 Å². The second-order valence-corrected chi connectivity index (χ2v) is 7.34. The Bertz CT molecular complexity index is 600. The van der Waals surface area contributed by atoms with Gasteiger partial charge in [-0.1, -0.05) is 35.8 Å².